The van der Waals surface area contributed by atoms with E-state index in [4.69, 9.17) is 5.53 Å². The van der Waals surface area contributed by atoms with Gasteiger partial charge in [-0.05, 0) is 29.8 Å². The van der Waals surface area contributed by atoms with E-state index in [2.05, 4.69) is 19.5 Å². The standard InChI is InChI=1S/C9H10N4O4S/c1-18(15,16)17-8-4-2-7(3-5-8)12-9(14)6-11-13-10/h2-5H,6H2,1H3,(H,12,14). The first kappa shape index (κ1) is 13.8. The van der Waals surface area contributed by atoms with Crippen LogP contribution in [-0.2, 0) is 14.9 Å². The SMILES string of the molecule is CS(=O)(=O)Oc1ccc(NC(=O)CN=[N+]=[N-])cc1. The Morgan fingerprint density at radius 2 is 2.06 bits per heavy atom. The highest BCUT2D eigenvalue weighted by molar-refractivity contribution is 7.86. The van der Waals surface area contributed by atoms with E-state index < -0.39 is 16.0 Å². The number of anilines is 1. The third kappa shape index (κ3) is 5.19. The van der Waals surface area contributed by atoms with Gasteiger partial charge in [0, 0.05) is 10.6 Å². The Labute approximate surface area is 103 Å². The minimum atomic E-state index is -3.57. The fourth-order valence-electron chi connectivity index (χ4n) is 1.06. The molecule has 0 aliphatic rings. The van der Waals surface area contributed by atoms with Gasteiger partial charge in [-0.3, -0.25) is 4.79 Å². The van der Waals surface area contributed by atoms with E-state index in [0.29, 0.717) is 5.69 Å². The first-order chi connectivity index (χ1) is 8.40. The minimum absolute atomic E-state index is 0.144. The van der Waals surface area contributed by atoms with Crippen molar-refractivity contribution in [3.63, 3.8) is 0 Å². The monoisotopic (exact) mass is 270 g/mol. The van der Waals surface area contributed by atoms with Gasteiger partial charge in [-0.1, -0.05) is 5.11 Å². The molecule has 9 heteroatoms. The van der Waals surface area contributed by atoms with E-state index in [1.165, 1.54) is 24.3 Å². The number of nitrogens with one attached hydrogen (secondary N) is 1. The summed E-state index contributed by atoms with van der Waals surface area (Å²) in [6.45, 7) is -0.307. The number of nitrogens with zero attached hydrogens (tertiary/aromatic N) is 3. The molecule has 96 valence electrons. The van der Waals surface area contributed by atoms with Gasteiger partial charge in [-0.15, -0.1) is 0 Å². The zero-order valence-electron chi connectivity index (χ0n) is 9.40. The second-order valence-corrected chi connectivity index (χ2v) is 4.82. The Balaban J connectivity index is 2.66. The Morgan fingerprint density at radius 3 is 2.56 bits per heavy atom. The smallest absolute Gasteiger partial charge is 0.306 e. The van der Waals surface area contributed by atoms with Gasteiger partial charge in [0.1, 0.15) is 12.3 Å². The van der Waals surface area contributed by atoms with E-state index in [0.717, 1.165) is 6.26 Å². The minimum Gasteiger partial charge on any atom is -0.383 e. The molecule has 0 aliphatic heterocycles. The molecule has 18 heavy (non-hydrogen) atoms. The van der Waals surface area contributed by atoms with E-state index in [1.54, 1.807) is 0 Å². The Bertz CT molecular complexity index is 575. The second-order valence-electron chi connectivity index (χ2n) is 3.25. The lowest BCUT2D eigenvalue weighted by molar-refractivity contribution is -0.114. The van der Waals surface area contributed by atoms with Crippen LogP contribution >= 0.6 is 0 Å². The fraction of sp³-hybridized carbons (Fsp3) is 0.222. The second kappa shape index (κ2) is 5.89. The van der Waals surface area contributed by atoms with Crippen LogP contribution in [0.25, 0.3) is 10.4 Å². The molecule has 0 atom stereocenters. The van der Waals surface area contributed by atoms with Gasteiger partial charge >= 0.3 is 10.1 Å². The molecule has 0 aromatic heterocycles. The predicted molar refractivity (Wildman–Crippen MR) is 64.6 cm³/mol. The highest BCUT2D eigenvalue weighted by atomic mass is 32.2. The van der Waals surface area contributed by atoms with Gasteiger partial charge in [-0.2, -0.15) is 8.42 Å². The summed E-state index contributed by atoms with van der Waals surface area (Å²) >= 11 is 0. The maximum absolute atomic E-state index is 11.2. The molecule has 0 aliphatic carbocycles. The summed E-state index contributed by atoms with van der Waals surface area (Å²) in [5.41, 5.74) is 8.47. The molecule has 1 aromatic carbocycles. The van der Waals surface area contributed by atoms with Crippen molar-refractivity contribution in [2.24, 2.45) is 5.11 Å². The lowest BCUT2D eigenvalue weighted by Crippen LogP contribution is -2.14. The molecular formula is C9H10N4O4S. The normalized spacial score (nSPS) is 10.3. The summed E-state index contributed by atoms with van der Waals surface area (Å²) in [6, 6.07) is 5.72. The molecule has 8 nitrogen and oxygen atoms in total. The van der Waals surface area contributed by atoms with Crippen molar-refractivity contribution >= 4 is 21.7 Å². The van der Waals surface area contributed by atoms with Crippen molar-refractivity contribution in [2.75, 3.05) is 18.1 Å². The van der Waals surface area contributed by atoms with Crippen LogP contribution < -0.4 is 9.50 Å². The van der Waals surface area contributed by atoms with Gasteiger partial charge in [-0.25, -0.2) is 0 Å². The summed E-state index contributed by atoms with van der Waals surface area (Å²) in [5.74, 6) is -0.324. The molecule has 0 saturated carbocycles. The molecule has 0 bridgehead atoms. The van der Waals surface area contributed by atoms with Crippen LogP contribution in [0.15, 0.2) is 29.4 Å². The Morgan fingerprint density at radius 1 is 1.44 bits per heavy atom. The van der Waals surface area contributed by atoms with Gasteiger partial charge in [0.2, 0.25) is 5.91 Å². The van der Waals surface area contributed by atoms with Gasteiger partial charge < -0.3 is 9.50 Å². The third-order valence-electron chi connectivity index (χ3n) is 1.66. The molecule has 1 N–H and O–H groups in total. The zero-order chi connectivity index (χ0) is 13.6. The molecule has 1 rings (SSSR count). The summed E-state index contributed by atoms with van der Waals surface area (Å²) in [4.78, 5) is 13.6. The largest absolute Gasteiger partial charge is 0.383 e. The number of amides is 1. The van der Waals surface area contributed by atoms with Crippen molar-refractivity contribution in [1.29, 1.82) is 0 Å². The molecule has 1 amide bonds. The molecule has 0 radical (unpaired) electrons. The van der Waals surface area contributed by atoms with Crippen LogP contribution in [0.4, 0.5) is 5.69 Å². The van der Waals surface area contributed by atoms with E-state index >= 15 is 0 Å². The van der Waals surface area contributed by atoms with Crippen LogP contribution in [0.3, 0.4) is 0 Å². The van der Waals surface area contributed by atoms with Crippen molar-refractivity contribution in [2.45, 2.75) is 0 Å². The van der Waals surface area contributed by atoms with Crippen LogP contribution in [0.2, 0.25) is 0 Å². The number of hydrogen-bond donors (Lipinski definition) is 1. The van der Waals surface area contributed by atoms with E-state index in [-0.39, 0.29) is 12.3 Å². The lowest BCUT2D eigenvalue weighted by Gasteiger charge is -2.05. The van der Waals surface area contributed by atoms with Crippen LogP contribution in [0, 0.1) is 0 Å². The molecule has 0 unspecified atom stereocenters. The highest BCUT2D eigenvalue weighted by Crippen LogP contribution is 2.16. The molecule has 0 heterocycles. The summed E-state index contributed by atoms with van der Waals surface area (Å²) in [7, 11) is -3.57. The van der Waals surface area contributed by atoms with Crippen LogP contribution in [0.1, 0.15) is 0 Å². The molecule has 0 saturated heterocycles. The number of azide groups is 1. The van der Waals surface area contributed by atoms with Crippen molar-refractivity contribution in [3.05, 3.63) is 34.7 Å². The average Bonchev–Trinajstić information content (AvgIpc) is 2.27. The maximum Gasteiger partial charge on any atom is 0.306 e. The van der Waals surface area contributed by atoms with Crippen LogP contribution in [-0.4, -0.2) is 27.1 Å². The van der Waals surface area contributed by atoms with Crippen molar-refractivity contribution < 1.29 is 17.4 Å². The van der Waals surface area contributed by atoms with Gasteiger partial charge in [0.15, 0.2) is 0 Å². The highest BCUT2D eigenvalue weighted by Gasteiger charge is 2.05. The van der Waals surface area contributed by atoms with Gasteiger partial charge in [0.05, 0.1) is 6.26 Å². The number of rotatable bonds is 5. The number of hydrogen-bond acceptors (Lipinski definition) is 5. The van der Waals surface area contributed by atoms with Crippen LogP contribution in [0.5, 0.6) is 5.75 Å². The quantitative estimate of drug-likeness (QED) is 0.374. The summed E-state index contributed by atoms with van der Waals surface area (Å²) < 4.78 is 26.3. The Kier molecular flexibility index (Phi) is 4.52. The third-order valence-corrected chi connectivity index (χ3v) is 2.16. The first-order valence-corrected chi connectivity index (χ1v) is 6.52. The fourth-order valence-corrected chi connectivity index (χ4v) is 1.53. The zero-order valence-corrected chi connectivity index (χ0v) is 10.2. The number of carbonyl (C=O) groups is 1. The maximum atomic E-state index is 11.2. The predicted octanol–water partition coefficient (Wildman–Crippen LogP) is 1.27. The number of carbonyl (C=O) groups excluding carboxylic acids is 1. The molecular weight excluding hydrogens is 260 g/mol. The van der Waals surface area contributed by atoms with Crippen molar-refractivity contribution in [3.8, 4) is 5.75 Å². The summed E-state index contributed by atoms with van der Waals surface area (Å²) in [5, 5.41) is 5.56. The topological polar surface area (TPSA) is 121 Å². The van der Waals surface area contributed by atoms with E-state index in [9.17, 15) is 13.2 Å². The summed E-state index contributed by atoms with van der Waals surface area (Å²) in [6.07, 6.45) is 0.933. The van der Waals surface area contributed by atoms with E-state index in [1.807, 2.05) is 0 Å². The lowest BCUT2D eigenvalue weighted by atomic mass is 10.3. The van der Waals surface area contributed by atoms with Gasteiger partial charge in [0.25, 0.3) is 0 Å². The first-order valence-electron chi connectivity index (χ1n) is 4.71. The molecule has 0 spiro atoms. The molecule has 0 fully saturated rings. The molecule has 1 aromatic rings. The Hall–Kier alpha value is -2.25. The average molecular weight is 270 g/mol. The van der Waals surface area contributed by atoms with Crippen molar-refractivity contribution in [1.82, 2.24) is 0 Å². The number of benzene rings is 1.